The summed E-state index contributed by atoms with van der Waals surface area (Å²) >= 11 is 5.97. The summed E-state index contributed by atoms with van der Waals surface area (Å²) < 4.78 is 26.8. The van der Waals surface area contributed by atoms with Gasteiger partial charge in [0.1, 0.15) is 0 Å². The third-order valence-electron chi connectivity index (χ3n) is 2.52. The van der Waals surface area contributed by atoms with Crippen LogP contribution in [0, 0.1) is 0 Å². The molecule has 8 heteroatoms. The predicted octanol–water partition coefficient (Wildman–Crippen LogP) is 1.73. The summed E-state index contributed by atoms with van der Waals surface area (Å²) in [7, 11) is -2.52. The van der Waals surface area contributed by atoms with Crippen LogP contribution in [0.15, 0.2) is 24.3 Å². The summed E-state index contributed by atoms with van der Waals surface area (Å²) in [5, 5.41) is 2.91. The van der Waals surface area contributed by atoms with E-state index in [1.807, 2.05) is 11.6 Å². The number of halogens is 1. The first-order valence-electron chi connectivity index (χ1n) is 6.12. The number of nitrogens with zero attached hydrogens (tertiary/aromatic N) is 1. The number of nitrogens with one attached hydrogen (secondary N) is 2. The number of urea groups is 1. The van der Waals surface area contributed by atoms with Crippen LogP contribution in [0.5, 0.6) is 0 Å². The van der Waals surface area contributed by atoms with Crippen LogP contribution in [0.3, 0.4) is 0 Å². The third kappa shape index (κ3) is 4.99. The summed E-state index contributed by atoms with van der Waals surface area (Å²) in [5.41, 5.74) is 0.663. The second-order valence-electron chi connectivity index (χ2n) is 4.21. The Balaban J connectivity index is 2.68. The van der Waals surface area contributed by atoms with Crippen molar-refractivity contribution in [3.8, 4) is 0 Å². The van der Waals surface area contributed by atoms with E-state index in [2.05, 4.69) is 5.32 Å². The molecular weight excluding hydrogens is 302 g/mol. The van der Waals surface area contributed by atoms with E-state index in [-0.39, 0.29) is 6.54 Å². The van der Waals surface area contributed by atoms with E-state index in [9.17, 15) is 13.2 Å². The Morgan fingerprint density at radius 2 is 2.00 bits per heavy atom. The zero-order valence-electron chi connectivity index (χ0n) is 11.4. The molecule has 6 nitrogen and oxygen atoms in total. The van der Waals surface area contributed by atoms with Crippen molar-refractivity contribution in [3.63, 3.8) is 0 Å². The molecule has 0 bridgehead atoms. The van der Waals surface area contributed by atoms with Crippen LogP contribution in [0.1, 0.15) is 18.9 Å². The molecule has 0 atom stereocenters. The second-order valence-corrected chi connectivity index (χ2v) is 6.40. The fourth-order valence-corrected chi connectivity index (χ4v) is 2.39. The number of amides is 2. The Morgan fingerprint density at radius 3 is 2.60 bits per heavy atom. The molecule has 112 valence electrons. The quantitative estimate of drug-likeness (QED) is 0.838. The van der Waals surface area contributed by atoms with E-state index < -0.39 is 16.2 Å². The van der Waals surface area contributed by atoms with E-state index in [1.54, 1.807) is 24.3 Å². The van der Waals surface area contributed by atoms with Gasteiger partial charge in [0, 0.05) is 25.2 Å². The number of hydrogen-bond donors (Lipinski definition) is 2. The molecule has 0 heterocycles. The van der Waals surface area contributed by atoms with Crippen LogP contribution in [0.2, 0.25) is 5.02 Å². The van der Waals surface area contributed by atoms with Gasteiger partial charge < -0.3 is 5.32 Å². The molecule has 0 radical (unpaired) electrons. The van der Waals surface area contributed by atoms with Gasteiger partial charge >= 0.3 is 16.2 Å². The average Bonchev–Trinajstić information content (AvgIpc) is 2.38. The van der Waals surface area contributed by atoms with Gasteiger partial charge in [-0.3, -0.25) is 0 Å². The van der Waals surface area contributed by atoms with E-state index >= 15 is 0 Å². The van der Waals surface area contributed by atoms with Crippen LogP contribution in [0.4, 0.5) is 4.79 Å². The van der Waals surface area contributed by atoms with Crippen molar-refractivity contribution >= 4 is 27.8 Å². The fraction of sp³-hybridized carbons (Fsp3) is 0.417. The van der Waals surface area contributed by atoms with Crippen molar-refractivity contribution in [1.29, 1.82) is 0 Å². The summed E-state index contributed by atoms with van der Waals surface area (Å²) in [6.45, 7) is 2.37. The first kappa shape index (κ1) is 16.7. The molecule has 0 aromatic heterocycles. The smallest absolute Gasteiger partial charge is 0.329 e. The number of carbonyl (C=O) groups is 1. The molecule has 0 aliphatic carbocycles. The maximum absolute atomic E-state index is 11.9. The Bertz CT molecular complexity index is 563. The van der Waals surface area contributed by atoms with Gasteiger partial charge in [-0.2, -0.15) is 12.7 Å². The number of hydrogen-bond acceptors (Lipinski definition) is 3. The molecule has 0 spiro atoms. The molecule has 2 amide bonds. The third-order valence-corrected chi connectivity index (χ3v) is 4.28. The SMILES string of the molecule is CCCNC(=O)NS(=O)(=O)N(C)Cc1ccccc1Cl. The summed E-state index contributed by atoms with van der Waals surface area (Å²) in [4.78, 5) is 11.4. The average molecular weight is 320 g/mol. The maximum Gasteiger partial charge on any atom is 0.329 e. The van der Waals surface area contributed by atoms with Crippen LogP contribution in [0.25, 0.3) is 0 Å². The Labute approximate surface area is 124 Å². The standard InChI is InChI=1S/C12H18ClN3O3S/c1-3-8-14-12(17)15-20(18,19)16(2)9-10-6-4-5-7-11(10)13/h4-7H,3,8-9H2,1-2H3,(H2,14,15,17). The normalized spacial score (nSPS) is 11.4. The van der Waals surface area contributed by atoms with Crippen molar-refractivity contribution in [2.24, 2.45) is 0 Å². The van der Waals surface area contributed by atoms with Crippen molar-refractivity contribution < 1.29 is 13.2 Å². The van der Waals surface area contributed by atoms with Crippen LogP contribution in [-0.4, -0.2) is 32.3 Å². The monoisotopic (exact) mass is 319 g/mol. The summed E-state index contributed by atoms with van der Waals surface area (Å²) in [6.07, 6.45) is 0.725. The number of carbonyl (C=O) groups excluding carboxylic acids is 1. The molecule has 0 fully saturated rings. The van der Waals surface area contributed by atoms with Gasteiger partial charge in [-0.25, -0.2) is 9.52 Å². The summed E-state index contributed by atoms with van der Waals surface area (Å²) in [5.74, 6) is 0. The van der Waals surface area contributed by atoms with E-state index in [0.717, 1.165) is 10.7 Å². The van der Waals surface area contributed by atoms with Crippen LogP contribution in [-0.2, 0) is 16.8 Å². The van der Waals surface area contributed by atoms with Crippen molar-refractivity contribution in [3.05, 3.63) is 34.9 Å². The fourth-order valence-electron chi connectivity index (χ4n) is 1.42. The molecule has 20 heavy (non-hydrogen) atoms. The molecule has 0 aliphatic rings. The number of rotatable bonds is 6. The molecule has 1 aromatic carbocycles. The van der Waals surface area contributed by atoms with Gasteiger partial charge in [0.25, 0.3) is 0 Å². The van der Waals surface area contributed by atoms with Gasteiger partial charge in [-0.15, -0.1) is 0 Å². The molecular formula is C12H18ClN3O3S. The highest BCUT2D eigenvalue weighted by molar-refractivity contribution is 7.87. The molecule has 0 aliphatic heterocycles. The van der Waals surface area contributed by atoms with E-state index in [1.165, 1.54) is 7.05 Å². The topological polar surface area (TPSA) is 78.5 Å². The molecule has 1 rings (SSSR count). The highest BCUT2D eigenvalue weighted by atomic mass is 35.5. The van der Waals surface area contributed by atoms with Crippen LogP contribution < -0.4 is 10.0 Å². The molecule has 0 saturated heterocycles. The van der Waals surface area contributed by atoms with Crippen molar-refractivity contribution in [2.45, 2.75) is 19.9 Å². The van der Waals surface area contributed by atoms with Crippen molar-refractivity contribution in [1.82, 2.24) is 14.3 Å². The van der Waals surface area contributed by atoms with Gasteiger partial charge in [-0.05, 0) is 18.1 Å². The minimum atomic E-state index is -3.89. The first-order chi connectivity index (χ1) is 9.36. The Morgan fingerprint density at radius 1 is 1.35 bits per heavy atom. The van der Waals surface area contributed by atoms with E-state index in [4.69, 9.17) is 11.6 Å². The first-order valence-corrected chi connectivity index (χ1v) is 7.94. The highest BCUT2D eigenvalue weighted by Gasteiger charge is 2.21. The minimum Gasteiger partial charge on any atom is -0.337 e. The molecule has 2 N–H and O–H groups in total. The van der Waals surface area contributed by atoms with Gasteiger partial charge in [0.05, 0.1) is 0 Å². The van der Waals surface area contributed by atoms with Gasteiger partial charge in [0.2, 0.25) is 0 Å². The molecule has 0 saturated carbocycles. The zero-order valence-corrected chi connectivity index (χ0v) is 13.0. The maximum atomic E-state index is 11.9. The molecule has 0 unspecified atom stereocenters. The van der Waals surface area contributed by atoms with E-state index in [0.29, 0.717) is 17.1 Å². The minimum absolute atomic E-state index is 0.0794. The van der Waals surface area contributed by atoms with Crippen LogP contribution >= 0.6 is 11.6 Å². The largest absolute Gasteiger partial charge is 0.337 e. The summed E-state index contributed by atoms with van der Waals surface area (Å²) in [6, 6.07) is 6.20. The molecule has 1 aromatic rings. The zero-order chi connectivity index (χ0) is 15.2. The Hall–Kier alpha value is -1.31. The lowest BCUT2D eigenvalue weighted by atomic mass is 10.2. The lowest BCUT2D eigenvalue weighted by molar-refractivity contribution is 0.245. The number of benzene rings is 1. The lowest BCUT2D eigenvalue weighted by Gasteiger charge is -2.18. The van der Waals surface area contributed by atoms with Crippen molar-refractivity contribution in [2.75, 3.05) is 13.6 Å². The van der Waals surface area contributed by atoms with Gasteiger partial charge in [-0.1, -0.05) is 36.7 Å². The second kappa shape index (κ2) is 7.47. The lowest BCUT2D eigenvalue weighted by Crippen LogP contribution is -2.45. The Kier molecular flexibility index (Phi) is 6.25. The van der Waals surface area contributed by atoms with Gasteiger partial charge in [0.15, 0.2) is 0 Å². The predicted molar refractivity (Wildman–Crippen MR) is 78.7 cm³/mol. The highest BCUT2D eigenvalue weighted by Crippen LogP contribution is 2.17.